The number of aliphatic hydroxyl groups excluding tert-OH is 2. The number of likely N-dealkylation sites (N-methyl/N-ethyl adjacent to an activating group) is 1. The van der Waals surface area contributed by atoms with Gasteiger partial charge in [-0.15, -0.1) is 0 Å². The van der Waals surface area contributed by atoms with Crippen LogP contribution in [0.25, 0.3) is 0 Å². The molecule has 0 radical (unpaired) electrons. The Balaban J connectivity index is 0.000000102. The molecule has 7 aliphatic heterocycles. The molecule has 17 nitrogen and oxygen atoms in total. The smallest absolute Gasteiger partial charge is 0.248 e. The van der Waals surface area contributed by atoms with Gasteiger partial charge in [0.1, 0.15) is 41.3 Å². The Morgan fingerprint density at radius 3 is 1.20 bits per heavy atom. The Labute approximate surface area is 794 Å². The number of aliphatic hydroxyl groups is 2. The molecule has 0 aromatic rings. The lowest BCUT2D eigenvalue weighted by Crippen LogP contribution is -2.62. The van der Waals surface area contributed by atoms with Gasteiger partial charge in [-0.2, -0.15) is 0 Å². The summed E-state index contributed by atoms with van der Waals surface area (Å²) in [6, 6.07) is 0.292. The van der Waals surface area contributed by atoms with Crippen LogP contribution < -0.4 is 0 Å². The maximum absolute atomic E-state index is 12.6. The second kappa shape index (κ2) is 35.6. The minimum Gasteiger partial charge on any atom is -0.393 e. The number of nitrogens with zero attached hydrogens (tertiary/aromatic N) is 4. The van der Waals surface area contributed by atoms with Crippen molar-refractivity contribution in [2.75, 3.05) is 39.9 Å². The molecular formula is C115H176N4O13. The van der Waals surface area contributed by atoms with Crippen molar-refractivity contribution in [3.05, 3.63) is 12.2 Å². The molecule has 0 aromatic carbocycles. The molecule has 35 atom stereocenters. The first-order chi connectivity index (χ1) is 62.7. The molecule has 17 heteroatoms. The molecule has 17 saturated carbocycles. The summed E-state index contributed by atoms with van der Waals surface area (Å²) >= 11 is 0. The zero-order valence-corrected chi connectivity index (χ0v) is 84.5. The predicted molar refractivity (Wildman–Crippen MR) is 513 cm³/mol. The van der Waals surface area contributed by atoms with Gasteiger partial charge >= 0.3 is 0 Å². The molecule has 0 spiro atoms. The van der Waals surface area contributed by atoms with Crippen LogP contribution >= 0.6 is 0 Å². The highest BCUT2D eigenvalue weighted by molar-refractivity contribution is 5.91. The molecule has 8 unspecified atom stereocenters. The van der Waals surface area contributed by atoms with Crippen LogP contribution in [0.15, 0.2) is 12.2 Å². The maximum atomic E-state index is 12.6. The third-order valence-electron chi connectivity index (χ3n) is 48.3. The van der Waals surface area contributed by atoms with Crippen LogP contribution in [0.5, 0.6) is 0 Å². The number of Topliss-reactive ketones (excluding diaryl/α,β-unsaturated/α-hetero) is 6. The quantitative estimate of drug-likeness (QED) is 0.230. The van der Waals surface area contributed by atoms with E-state index in [-0.39, 0.29) is 91.4 Å². The van der Waals surface area contributed by atoms with E-state index < -0.39 is 6.10 Å². The summed E-state index contributed by atoms with van der Waals surface area (Å²) in [5, 5.41) is 20.8. The molecule has 7 heterocycles. The highest BCUT2D eigenvalue weighted by Gasteiger charge is 2.69. The summed E-state index contributed by atoms with van der Waals surface area (Å²) in [4.78, 5) is 133. The van der Waals surface area contributed by atoms with Crippen LogP contribution in [0.2, 0.25) is 0 Å². The Morgan fingerprint density at radius 1 is 0.311 bits per heavy atom. The first-order valence-corrected chi connectivity index (χ1v) is 55.7. The summed E-state index contributed by atoms with van der Waals surface area (Å²) in [5.74, 6) is 16.9. The Morgan fingerprint density at radius 2 is 0.705 bits per heavy atom. The second-order valence-electron chi connectivity index (χ2n) is 53.0. The standard InChI is InChI=1S/C20H32O.2C19H29NO3.C19H29NO2.C19H27NO2.C19H30O2/c1-19-12-5-3-4-6-14(19)7-8-15-16-9-10-18(21)20(16,2)13-11-17(15)19;1-18-9-8-14-12(13(18)5-7-16(18)21)4-6-15-19(14,2)11-23-10-17(22)20(15)3;1-18-8-6-15-13(14(18)3-4-16(18)22)7-10-20-17(23)11-12(21)5-9-19(15,20)2;2*1-18-11-8-15-13(14(18)6-7-16(18)21)9-12-20-17(22)5-3-4-10-19(15,20)2;1-18-9-4-3-5-15(18)16(20)11-12-13-6-7-17(21)19(13,2)10-8-14(12)18/h14-17H,3-13H2,1-2H3;12-15H,4-11H2,1-3H3;12-15,21H,3-11H2,1-2H3;13-15H,3-12H2,1-2H3;3,5,13-15H,4,6-12H2,1-2H3;12-16,20H,3-11H2,1-2H3/t14-,15+,16+,17+,19+,20+;12-,13-,14-,15?,18-,19+;12?,13-,14-,15?,18-,19+;2*13-,14-,15?,18-,19+;12-,13-,14?,15?,16?,18+,19-/m100000/s1. The third-order valence-corrected chi connectivity index (χ3v) is 48.3. The largest absolute Gasteiger partial charge is 0.393 e. The summed E-state index contributed by atoms with van der Waals surface area (Å²) < 4.78 is 5.80. The van der Waals surface area contributed by atoms with Crippen LogP contribution in [0.1, 0.15) is 404 Å². The van der Waals surface area contributed by atoms with Gasteiger partial charge in [-0.05, 0) is 387 Å². The number of allylic oxidation sites excluding steroid dienone is 1. The molecular weight excluding hydrogens is 1650 g/mol. The van der Waals surface area contributed by atoms with E-state index in [1.165, 1.54) is 103 Å². The highest BCUT2D eigenvalue weighted by atomic mass is 16.5. The lowest BCUT2D eigenvalue weighted by Gasteiger charge is -2.60. The van der Waals surface area contributed by atoms with Crippen LogP contribution in [-0.2, 0) is 52.7 Å². The van der Waals surface area contributed by atoms with Gasteiger partial charge in [0.25, 0.3) is 0 Å². The van der Waals surface area contributed by atoms with Crippen molar-refractivity contribution >= 4 is 58.3 Å². The van der Waals surface area contributed by atoms with Crippen molar-refractivity contribution in [3.63, 3.8) is 0 Å². The number of carbonyl (C=O) groups excluding carboxylic acids is 10. The van der Waals surface area contributed by atoms with E-state index in [1.807, 2.05) is 18.0 Å². The number of amides is 4. The fourth-order valence-electron chi connectivity index (χ4n) is 40.5. The lowest BCUT2D eigenvalue weighted by molar-refractivity contribution is -0.159. The number of rotatable bonds is 0. The molecule has 6 saturated heterocycles. The minimum atomic E-state index is -0.481. The zero-order chi connectivity index (χ0) is 93.4. The number of piperidine rings is 3. The van der Waals surface area contributed by atoms with Crippen molar-refractivity contribution in [2.45, 2.75) is 439 Å². The fourth-order valence-corrected chi connectivity index (χ4v) is 40.5. The van der Waals surface area contributed by atoms with Crippen LogP contribution in [-0.4, -0.2) is 163 Å². The third kappa shape index (κ3) is 15.3. The van der Waals surface area contributed by atoms with Gasteiger partial charge in [-0.1, -0.05) is 107 Å². The summed E-state index contributed by atoms with van der Waals surface area (Å²) in [6.07, 6.45) is 58.0. The Hall–Kier alpha value is -4.48. The predicted octanol–water partition coefficient (Wildman–Crippen LogP) is 21.4. The zero-order valence-electron chi connectivity index (χ0n) is 84.5. The molecule has 132 heavy (non-hydrogen) atoms. The summed E-state index contributed by atoms with van der Waals surface area (Å²) in [7, 11) is 1.95. The SMILES string of the molecule is CN1C(=O)COC[C@@]2(C)C1CC[C@@H]1[C@@H]2CC[C@]2(C)C(=O)CC[C@@H]12.C[C@]12CCC3[C@@H](CCN4C(=O)C=CCC[C@]34C)[C@@H]1CCC2=O.C[C@]12CCC3[C@@H](CCN4C(=O)CC(O)CC[C@]34C)[C@@H]1CCC2=O.C[C@]12CCC3[C@@H](CCN4C(=O)CCCC[C@]34C)[C@@H]1CCC2=O.C[C@]12CCCCC1C(O)C[C@@H]1C2CC[C@]2(C)C(=O)CC[C@@H]12.C[C@]12CCCCC[C@@H]1CC[C@@H]1[C@@H]2CC[C@]2(C)C(=O)CC[C@@H]12. The first-order valence-electron chi connectivity index (χ1n) is 55.7. The first kappa shape index (κ1) is 96.4. The van der Waals surface area contributed by atoms with E-state index in [1.54, 1.807) is 6.08 Å². The summed E-state index contributed by atoms with van der Waals surface area (Å²) in [6.45, 7) is 31.3. The Kier molecular flexibility index (Phi) is 26.0. The molecule has 24 aliphatic rings. The maximum Gasteiger partial charge on any atom is 0.248 e. The van der Waals surface area contributed by atoms with E-state index in [0.29, 0.717) is 153 Å². The number of hydrogen-bond donors (Lipinski definition) is 2. The molecule has 0 bridgehead atoms. The van der Waals surface area contributed by atoms with Crippen molar-refractivity contribution in [3.8, 4) is 0 Å². The Bertz CT molecular complexity index is 4430. The fraction of sp³-hybridized carbons (Fsp3) is 0.896. The minimum absolute atomic E-state index is 0.00350. The van der Waals surface area contributed by atoms with E-state index in [4.69, 9.17) is 4.74 Å². The topological polar surface area (TPSA) is 233 Å². The van der Waals surface area contributed by atoms with Gasteiger partial charge in [0, 0.05) is 132 Å². The van der Waals surface area contributed by atoms with Crippen molar-refractivity contribution in [1.29, 1.82) is 0 Å². The second-order valence-corrected chi connectivity index (χ2v) is 53.0. The van der Waals surface area contributed by atoms with Gasteiger partial charge in [-0.3, -0.25) is 47.9 Å². The van der Waals surface area contributed by atoms with Crippen molar-refractivity contribution < 1.29 is 62.9 Å². The van der Waals surface area contributed by atoms with Crippen molar-refractivity contribution in [1.82, 2.24) is 19.6 Å². The normalized spacial score (nSPS) is 51.0. The van der Waals surface area contributed by atoms with Crippen LogP contribution in [0.3, 0.4) is 0 Å². The molecule has 4 amide bonds. The van der Waals surface area contributed by atoms with Gasteiger partial charge < -0.3 is 34.5 Å². The van der Waals surface area contributed by atoms with Gasteiger partial charge in [0.2, 0.25) is 23.6 Å². The number of fused-ring (bicyclic) bond motifs is 30. The molecule has 0 aromatic heterocycles. The monoisotopic (exact) mass is 1820 g/mol. The summed E-state index contributed by atoms with van der Waals surface area (Å²) in [5.41, 5.74) is 0.641. The van der Waals surface area contributed by atoms with Gasteiger partial charge in [0.15, 0.2) is 0 Å². The van der Waals surface area contributed by atoms with Crippen LogP contribution in [0.4, 0.5) is 0 Å². The molecule has 23 fully saturated rings. The number of ether oxygens (including phenoxy) is 1. The molecule has 17 aliphatic carbocycles. The van der Waals surface area contributed by atoms with E-state index in [2.05, 4.69) is 97.8 Å². The van der Waals surface area contributed by atoms with E-state index >= 15 is 0 Å². The van der Waals surface area contributed by atoms with E-state index in [9.17, 15) is 58.2 Å². The average molecular weight is 1820 g/mol. The molecule has 24 rings (SSSR count). The highest BCUT2D eigenvalue weighted by Crippen LogP contribution is 2.71. The number of ketones is 6. The molecule has 734 valence electrons. The number of carbonyl (C=O) groups is 10. The van der Waals surface area contributed by atoms with E-state index in [0.717, 1.165) is 261 Å². The van der Waals surface area contributed by atoms with Gasteiger partial charge in [0.05, 0.1) is 25.2 Å². The van der Waals surface area contributed by atoms with Gasteiger partial charge in [-0.25, -0.2) is 0 Å². The van der Waals surface area contributed by atoms with Crippen molar-refractivity contribution in [2.24, 2.45) is 167 Å². The van der Waals surface area contributed by atoms with Crippen LogP contribution in [0, 0.1) is 167 Å². The number of hydrogen-bond acceptors (Lipinski definition) is 13. The molecule has 2 N–H and O–H groups in total. The average Bonchev–Trinajstić information content (AvgIpc) is 1.59. The lowest BCUT2D eigenvalue weighted by atomic mass is 9.45.